The van der Waals surface area contributed by atoms with Crippen molar-refractivity contribution in [2.75, 3.05) is 11.4 Å². The van der Waals surface area contributed by atoms with E-state index in [1.54, 1.807) is 6.20 Å². The van der Waals surface area contributed by atoms with Crippen LogP contribution in [0.1, 0.15) is 32.6 Å². The van der Waals surface area contributed by atoms with E-state index in [4.69, 9.17) is 9.15 Å². The molecule has 1 amide bonds. The summed E-state index contributed by atoms with van der Waals surface area (Å²) in [6.07, 6.45) is 2.96. The number of benzene rings is 2. The van der Waals surface area contributed by atoms with Crippen molar-refractivity contribution in [3.8, 4) is 17.1 Å². The lowest BCUT2D eigenvalue weighted by atomic mass is 10.1. The van der Waals surface area contributed by atoms with Crippen molar-refractivity contribution in [2.24, 2.45) is 0 Å². The Bertz CT molecular complexity index is 982. The van der Waals surface area contributed by atoms with E-state index in [1.165, 1.54) is 0 Å². The molecule has 0 aliphatic carbocycles. The maximum atomic E-state index is 12.8. The molecule has 1 unspecified atom stereocenters. The van der Waals surface area contributed by atoms with Crippen molar-refractivity contribution >= 4 is 11.6 Å². The lowest BCUT2D eigenvalue weighted by molar-refractivity contribution is -0.128. The quantitative estimate of drug-likeness (QED) is 0.630. The van der Waals surface area contributed by atoms with Gasteiger partial charge in [0.2, 0.25) is 5.89 Å². The lowest BCUT2D eigenvalue weighted by Crippen LogP contribution is -2.51. The summed E-state index contributed by atoms with van der Waals surface area (Å²) in [6.45, 7) is 5.05. The molecule has 0 bridgehead atoms. The molecule has 2 aromatic carbocycles. The van der Waals surface area contributed by atoms with Gasteiger partial charge in [0.25, 0.3) is 5.91 Å². The van der Waals surface area contributed by atoms with E-state index < -0.39 is 6.10 Å². The highest BCUT2D eigenvalue weighted by atomic mass is 16.5. The molecule has 1 aliphatic heterocycles. The number of aromatic nitrogens is 1. The van der Waals surface area contributed by atoms with Crippen LogP contribution in [-0.4, -0.2) is 29.6 Å². The number of rotatable bonds is 7. The van der Waals surface area contributed by atoms with Gasteiger partial charge in [-0.2, -0.15) is 0 Å². The minimum absolute atomic E-state index is 0.0828. The molecule has 0 spiro atoms. The molecular weight excluding hydrogens is 378 g/mol. The second-order valence-corrected chi connectivity index (χ2v) is 7.46. The first-order chi connectivity index (χ1) is 14.7. The van der Waals surface area contributed by atoms with Crippen LogP contribution in [0.5, 0.6) is 5.75 Å². The lowest BCUT2D eigenvalue weighted by Gasteiger charge is -2.35. The molecule has 1 aromatic heterocycles. The summed E-state index contributed by atoms with van der Waals surface area (Å²) in [5, 5.41) is 3.10. The third-order valence-electron chi connectivity index (χ3n) is 5.42. The first-order valence-corrected chi connectivity index (χ1v) is 10.5. The van der Waals surface area contributed by atoms with Crippen molar-refractivity contribution < 1.29 is 13.9 Å². The number of fused-ring (bicyclic) bond motifs is 1. The van der Waals surface area contributed by atoms with Crippen LogP contribution >= 0.6 is 0 Å². The fourth-order valence-electron chi connectivity index (χ4n) is 3.66. The van der Waals surface area contributed by atoms with Gasteiger partial charge in [-0.05, 0) is 25.0 Å². The first-order valence-electron chi connectivity index (χ1n) is 10.5. The summed E-state index contributed by atoms with van der Waals surface area (Å²) in [5.74, 6) is 1.95. The third-order valence-corrected chi connectivity index (χ3v) is 5.42. The molecule has 156 valence electrons. The Morgan fingerprint density at radius 1 is 1.13 bits per heavy atom. The Morgan fingerprint density at radius 3 is 2.63 bits per heavy atom. The molecule has 4 rings (SSSR count). The van der Waals surface area contributed by atoms with E-state index >= 15 is 0 Å². The number of nitrogens with zero attached hydrogens (tertiary/aromatic N) is 2. The van der Waals surface area contributed by atoms with Crippen molar-refractivity contribution in [3.63, 3.8) is 0 Å². The van der Waals surface area contributed by atoms with E-state index in [9.17, 15) is 4.79 Å². The number of carbonyl (C=O) groups is 1. The molecule has 1 atom stereocenters. The molecule has 1 aliphatic rings. The van der Waals surface area contributed by atoms with E-state index in [-0.39, 0.29) is 11.9 Å². The zero-order chi connectivity index (χ0) is 20.9. The van der Waals surface area contributed by atoms with Crippen LogP contribution in [0.2, 0.25) is 0 Å². The summed E-state index contributed by atoms with van der Waals surface area (Å²) >= 11 is 0. The standard InChI is InChI=1S/C24H27N3O3/c1-3-18(4-2)26-24(28)22-15-27(19-12-8-9-13-20(19)29-22)16-23-25-14-21(30-23)17-10-6-5-7-11-17/h5-14,18,22H,3-4,15-16H2,1-2H3,(H,26,28). The third kappa shape index (κ3) is 4.32. The molecule has 30 heavy (non-hydrogen) atoms. The molecule has 0 fully saturated rings. The fraction of sp³-hybridized carbons (Fsp3) is 0.333. The smallest absolute Gasteiger partial charge is 0.263 e. The van der Waals surface area contributed by atoms with Crippen LogP contribution in [0, 0.1) is 0 Å². The molecule has 6 nitrogen and oxygen atoms in total. The van der Waals surface area contributed by atoms with E-state index in [1.807, 2.05) is 54.6 Å². The second-order valence-electron chi connectivity index (χ2n) is 7.46. The van der Waals surface area contributed by atoms with Crippen LogP contribution in [0.4, 0.5) is 5.69 Å². The average Bonchev–Trinajstić information content (AvgIpc) is 3.26. The number of ether oxygens (including phenoxy) is 1. The van der Waals surface area contributed by atoms with Gasteiger partial charge in [-0.1, -0.05) is 56.3 Å². The Labute approximate surface area is 176 Å². The largest absolute Gasteiger partial charge is 0.477 e. The van der Waals surface area contributed by atoms with Crippen LogP contribution in [0.3, 0.4) is 0 Å². The summed E-state index contributed by atoms with van der Waals surface area (Å²) in [4.78, 5) is 19.4. The Balaban J connectivity index is 1.53. The number of hydrogen-bond donors (Lipinski definition) is 1. The maximum absolute atomic E-state index is 12.8. The Kier molecular flexibility index (Phi) is 6.02. The summed E-state index contributed by atoms with van der Waals surface area (Å²) in [5.41, 5.74) is 1.92. The number of carbonyl (C=O) groups excluding carboxylic acids is 1. The summed E-state index contributed by atoms with van der Waals surface area (Å²) < 4.78 is 12.0. The van der Waals surface area contributed by atoms with Crippen molar-refractivity contribution in [2.45, 2.75) is 45.4 Å². The Hall–Kier alpha value is -3.28. The highest BCUT2D eigenvalue weighted by Crippen LogP contribution is 2.34. The van der Waals surface area contributed by atoms with E-state index in [0.29, 0.717) is 24.7 Å². The molecule has 0 saturated carbocycles. The number of anilines is 1. The zero-order valence-electron chi connectivity index (χ0n) is 17.4. The van der Waals surface area contributed by atoms with Crippen LogP contribution in [0.25, 0.3) is 11.3 Å². The maximum Gasteiger partial charge on any atom is 0.263 e. The van der Waals surface area contributed by atoms with Gasteiger partial charge in [-0.25, -0.2) is 4.98 Å². The number of nitrogens with one attached hydrogen (secondary N) is 1. The Morgan fingerprint density at radius 2 is 1.87 bits per heavy atom. The topological polar surface area (TPSA) is 67.6 Å². The van der Waals surface area contributed by atoms with Gasteiger partial charge in [-0.15, -0.1) is 0 Å². The van der Waals surface area contributed by atoms with Crippen molar-refractivity contribution in [1.82, 2.24) is 10.3 Å². The van der Waals surface area contributed by atoms with Gasteiger partial charge in [0, 0.05) is 11.6 Å². The highest BCUT2D eigenvalue weighted by molar-refractivity contribution is 5.83. The van der Waals surface area contributed by atoms with E-state index in [0.717, 1.165) is 29.9 Å². The first kappa shape index (κ1) is 20.0. The predicted octanol–water partition coefficient (Wildman–Crippen LogP) is 4.41. The molecule has 0 radical (unpaired) electrons. The number of para-hydroxylation sites is 2. The van der Waals surface area contributed by atoms with Gasteiger partial charge in [0.05, 0.1) is 25.0 Å². The zero-order valence-corrected chi connectivity index (χ0v) is 17.4. The predicted molar refractivity (Wildman–Crippen MR) is 116 cm³/mol. The number of oxazole rings is 1. The average molecular weight is 405 g/mol. The van der Waals surface area contributed by atoms with Gasteiger partial charge in [0.15, 0.2) is 11.9 Å². The highest BCUT2D eigenvalue weighted by Gasteiger charge is 2.32. The SMILES string of the molecule is CCC(CC)NC(=O)C1CN(Cc2ncc(-c3ccccc3)o2)c2ccccc2O1. The monoisotopic (exact) mass is 405 g/mol. The number of amides is 1. The van der Waals surface area contributed by atoms with Crippen molar-refractivity contribution in [1.29, 1.82) is 0 Å². The molecule has 2 heterocycles. The second kappa shape index (κ2) is 9.03. The molecule has 3 aromatic rings. The van der Waals surface area contributed by atoms with Gasteiger partial charge >= 0.3 is 0 Å². The minimum Gasteiger partial charge on any atom is -0.477 e. The van der Waals surface area contributed by atoms with Crippen LogP contribution < -0.4 is 15.0 Å². The normalized spacial score (nSPS) is 15.6. The van der Waals surface area contributed by atoms with E-state index in [2.05, 4.69) is 29.0 Å². The fourth-order valence-corrected chi connectivity index (χ4v) is 3.66. The molecule has 6 heteroatoms. The van der Waals surface area contributed by atoms with Gasteiger partial charge in [-0.3, -0.25) is 4.79 Å². The molecular formula is C24H27N3O3. The molecule has 1 N–H and O–H groups in total. The number of hydrogen-bond acceptors (Lipinski definition) is 5. The minimum atomic E-state index is -0.580. The van der Waals surface area contributed by atoms with Crippen LogP contribution in [0.15, 0.2) is 65.2 Å². The summed E-state index contributed by atoms with van der Waals surface area (Å²) in [7, 11) is 0. The van der Waals surface area contributed by atoms with Crippen LogP contribution in [-0.2, 0) is 11.3 Å². The van der Waals surface area contributed by atoms with Crippen molar-refractivity contribution in [3.05, 3.63) is 66.7 Å². The molecule has 0 saturated heterocycles. The van der Waals surface area contributed by atoms with Gasteiger partial charge < -0.3 is 19.4 Å². The summed E-state index contributed by atoms with van der Waals surface area (Å²) in [6, 6.07) is 17.8. The van der Waals surface area contributed by atoms with Gasteiger partial charge in [0.1, 0.15) is 5.75 Å².